The molecule has 5 nitrogen and oxygen atoms in total. The van der Waals surface area contributed by atoms with Gasteiger partial charge in [-0.05, 0) is 32.9 Å². The van der Waals surface area contributed by atoms with Crippen LogP contribution < -0.4 is 5.32 Å². The molecular weight excluding hydrogens is 196 g/mol. The Morgan fingerprint density at radius 2 is 2.13 bits per heavy atom. The van der Waals surface area contributed by atoms with Crippen molar-refractivity contribution < 1.29 is 14.7 Å². The second kappa shape index (κ2) is 3.48. The molecule has 2 aliphatic rings. The molecule has 0 bridgehead atoms. The first-order valence-electron chi connectivity index (χ1n) is 5.27. The highest BCUT2D eigenvalue weighted by molar-refractivity contribution is 6.04. The topological polar surface area (TPSA) is 69.6 Å². The number of likely N-dealkylation sites (N-methyl/N-ethyl adjacent to an activating group) is 1. The van der Waals surface area contributed by atoms with Crippen LogP contribution >= 0.6 is 0 Å². The summed E-state index contributed by atoms with van der Waals surface area (Å²) >= 11 is 0. The van der Waals surface area contributed by atoms with Crippen molar-refractivity contribution in [3.63, 3.8) is 0 Å². The van der Waals surface area contributed by atoms with Gasteiger partial charge in [0.1, 0.15) is 5.41 Å². The SMILES string of the molecule is CN1CCC(NC(=O)C2(C(=O)O)CC2)C1. The number of nitrogens with zero attached hydrogens (tertiary/aromatic N) is 1. The van der Waals surface area contributed by atoms with E-state index in [1.807, 2.05) is 7.05 Å². The third-order valence-corrected chi connectivity index (χ3v) is 3.32. The minimum atomic E-state index is -1.10. The van der Waals surface area contributed by atoms with Crippen LogP contribution in [0.5, 0.6) is 0 Å². The van der Waals surface area contributed by atoms with E-state index in [1.54, 1.807) is 0 Å². The molecule has 0 aromatic rings. The molecule has 1 aliphatic carbocycles. The van der Waals surface area contributed by atoms with Crippen LogP contribution in [0.2, 0.25) is 0 Å². The number of carboxylic acid groups (broad SMARTS) is 1. The highest BCUT2D eigenvalue weighted by Gasteiger charge is 2.57. The maximum Gasteiger partial charge on any atom is 0.319 e. The molecule has 0 aromatic heterocycles. The molecule has 0 aromatic carbocycles. The summed E-state index contributed by atoms with van der Waals surface area (Å²) in [5.74, 6) is -1.28. The van der Waals surface area contributed by atoms with Crippen LogP contribution in [0.3, 0.4) is 0 Å². The van der Waals surface area contributed by atoms with E-state index in [0.717, 1.165) is 19.5 Å². The summed E-state index contributed by atoms with van der Waals surface area (Å²) in [7, 11) is 2.00. The smallest absolute Gasteiger partial charge is 0.319 e. The summed E-state index contributed by atoms with van der Waals surface area (Å²) in [6, 6.07) is 0.124. The molecule has 1 amide bonds. The maximum atomic E-state index is 11.7. The number of nitrogens with one attached hydrogen (secondary N) is 1. The number of carboxylic acids is 1. The van der Waals surface area contributed by atoms with Gasteiger partial charge in [0.15, 0.2) is 0 Å². The Morgan fingerprint density at radius 3 is 2.53 bits per heavy atom. The summed E-state index contributed by atoms with van der Waals surface area (Å²) in [6.07, 6.45) is 1.88. The predicted octanol–water partition coefficient (Wildman–Crippen LogP) is -0.328. The number of amides is 1. The van der Waals surface area contributed by atoms with E-state index in [1.165, 1.54) is 0 Å². The number of carbonyl (C=O) groups is 2. The Hall–Kier alpha value is -1.10. The molecule has 1 saturated carbocycles. The fraction of sp³-hybridized carbons (Fsp3) is 0.800. The fourth-order valence-electron chi connectivity index (χ4n) is 2.04. The molecule has 2 N–H and O–H groups in total. The summed E-state index contributed by atoms with van der Waals surface area (Å²) in [5, 5.41) is 11.8. The van der Waals surface area contributed by atoms with Crippen LogP contribution in [0.4, 0.5) is 0 Å². The average Bonchev–Trinajstić information content (AvgIpc) is 2.88. The third-order valence-electron chi connectivity index (χ3n) is 3.32. The van der Waals surface area contributed by atoms with E-state index in [-0.39, 0.29) is 11.9 Å². The van der Waals surface area contributed by atoms with Gasteiger partial charge < -0.3 is 15.3 Å². The van der Waals surface area contributed by atoms with Gasteiger partial charge in [-0.25, -0.2) is 0 Å². The lowest BCUT2D eigenvalue weighted by Gasteiger charge is -2.16. The zero-order valence-electron chi connectivity index (χ0n) is 8.82. The van der Waals surface area contributed by atoms with Crippen molar-refractivity contribution in [1.82, 2.24) is 10.2 Å². The normalized spacial score (nSPS) is 28.7. The summed E-state index contributed by atoms with van der Waals surface area (Å²) in [6.45, 7) is 1.78. The highest BCUT2D eigenvalue weighted by Crippen LogP contribution is 2.46. The first-order chi connectivity index (χ1) is 7.04. The lowest BCUT2D eigenvalue weighted by Crippen LogP contribution is -2.43. The van der Waals surface area contributed by atoms with E-state index < -0.39 is 11.4 Å². The van der Waals surface area contributed by atoms with Gasteiger partial charge in [0.25, 0.3) is 0 Å². The standard InChI is InChI=1S/C10H16N2O3/c1-12-5-2-7(6-12)11-8(13)10(3-4-10)9(14)15/h7H,2-6H2,1H3,(H,11,13)(H,14,15). The van der Waals surface area contributed by atoms with E-state index in [9.17, 15) is 9.59 Å². The van der Waals surface area contributed by atoms with Gasteiger partial charge in [-0.2, -0.15) is 0 Å². The minimum Gasteiger partial charge on any atom is -0.480 e. The molecular formula is C10H16N2O3. The first-order valence-corrected chi connectivity index (χ1v) is 5.27. The Kier molecular flexibility index (Phi) is 2.42. The lowest BCUT2D eigenvalue weighted by molar-refractivity contribution is -0.149. The van der Waals surface area contributed by atoms with Crippen LogP contribution in [0.1, 0.15) is 19.3 Å². The van der Waals surface area contributed by atoms with E-state index >= 15 is 0 Å². The molecule has 1 atom stereocenters. The molecule has 0 radical (unpaired) electrons. The molecule has 84 valence electrons. The van der Waals surface area contributed by atoms with Gasteiger partial charge in [-0.15, -0.1) is 0 Å². The van der Waals surface area contributed by atoms with E-state index in [2.05, 4.69) is 10.2 Å². The van der Waals surface area contributed by atoms with Gasteiger partial charge >= 0.3 is 5.97 Å². The van der Waals surface area contributed by atoms with Gasteiger partial charge in [0.2, 0.25) is 5.91 Å². The van der Waals surface area contributed by atoms with Crippen LogP contribution in [0.15, 0.2) is 0 Å². The second-order valence-corrected chi connectivity index (χ2v) is 4.61. The number of hydrogen-bond acceptors (Lipinski definition) is 3. The molecule has 1 saturated heterocycles. The molecule has 1 aliphatic heterocycles. The Morgan fingerprint density at radius 1 is 1.47 bits per heavy atom. The largest absolute Gasteiger partial charge is 0.480 e. The minimum absolute atomic E-state index is 0.124. The Bertz CT molecular complexity index is 299. The van der Waals surface area contributed by atoms with Crippen molar-refractivity contribution in [2.24, 2.45) is 5.41 Å². The molecule has 1 heterocycles. The Balaban J connectivity index is 1.90. The van der Waals surface area contributed by atoms with Crippen LogP contribution in [-0.2, 0) is 9.59 Å². The highest BCUT2D eigenvalue weighted by atomic mass is 16.4. The monoisotopic (exact) mass is 212 g/mol. The molecule has 2 fully saturated rings. The zero-order chi connectivity index (χ0) is 11.1. The second-order valence-electron chi connectivity index (χ2n) is 4.61. The van der Waals surface area contributed by atoms with Crippen LogP contribution in [-0.4, -0.2) is 48.1 Å². The number of hydrogen-bond donors (Lipinski definition) is 2. The van der Waals surface area contributed by atoms with E-state index in [4.69, 9.17) is 5.11 Å². The summed E-state index contributed by atoms with van der Waals surface area (Å²) in [5.41, 5.74) is -1.10. The fourth-order valence-corrected chi connectivity index (χ4v) is 2.04. The third kappa shape index (κ3) is 1.84. The van der Waals surface area contributed by atoms with Crippen LogP contribution in [0.25, 0.3) is 0 Å². The molecule has 1 unspecified atom stereocenters. The van der Waals surface area contributed by atoms with Crippen molar-refractivity contribution in [3.8, 4) is 0 Å². The van der Waals surface area contributed by atoms with Gasteiger partial charge in [0.05, 0.1) is 0 Å². The molecule has 2 rings (SSSR count). The van der Waals surface area contributed by atoms with Gasteiger partial charge in [0, 0.05) is 12.6 Å². The van der Waals surface area contributed by atoms with E-state index in [0.29, 0.717) is 12.8 Å². The zero-order valence-corrected chi connectivity index (χ0v) is 8.82. The van der Waals surface area contributed by atoms with Crippen molar-refractivity contribution in [2.45, 2.75) is 25.3 Å². The van der Waals surface area contributed by atoms with Crippen LogP contribution in [0, 0.1) is 5.41 Å². The quantitative estimate of drug-likeness (QED) is 0.629. The number of likely N-dealkylation sites (tertiary alicyclic amines) is 1. The molecule has 0 spiro atoms. The van der Waals surface area contributed by atoms with Crippen molar-refractivity contribution in [2.75, 3.05) is 20.1 Å². The maximum absolute atomic E-state index is 11.7. The molecule has 5 heteroatoms. The number of rotatable bonds is 3. The first kappa shape index (κ1) is 10.4. The van der Waals surface area contributed by atoms with Crippen molar-refractivity contribution in [1.29, 1.82) is 0 Å². The number of carbonyl (C=O) groups excluding carboxylic acids is 1. The molecule has 15 heavy (non-hydrogen) atoms. The Labute approximate surface area is 88.4 Å². The van der Waals surface area contributed by atoms with Gasteiger partial charge in [-0.3, -0.25) is 9.59 Å². The summed E-state index contributed by atoms with van der Waals surface area (Å²) in [4.78, 5) is 24.7. The van der Waals surface area contributed by atoms with Gasteiger partial charge in [-0.1, -0.05) is 0 Å². The summed E-state index contributed by atoms with van der Waals surface area (Å²) < 4.78 is 0. The van der Waals surface area contributed by atoms with Crippen molar-refractivity contribution in [3.05, 3.63) is 0 Å². The van der Waals surface area contributed by atoms with Crippen molar-refractivity contribution >= 4 is 11.9 Å². The number of aliphatic carboxylic acids is 1. The average molecular weight is 212 g/mol. The predicted molar refractivity (Wildman–Crippen MR) is 53.3 cm³/mol. The lowest BCUT2D eigenvalue weighted by atomic mass is 10.1.